The molecule has 2 N–H and O–H groups in total. The van der Waals surface area contributed by atoms with Crippen molar-refractivity contribution in [3.63, 3.8) is 0 Å². The Morgan fingerprint density at radius 1 is 1.38 bits per heavy atom. The number of benzene rings is 1. The third kappa shape index (κ3) is 3.56. The standard InChI is InChI=1S/C11H14N2/c1-10(13-8-7-12)9-11-5-3-2-4-6-11/h2-8H,9,12H2,1H3/b8-7-,13-10?. The van der Waals surface area contributed by atoms with Gasteiger partial charge in [-0.2, -0.15) is 0 Å². The number of hydrogen-bond donors (Lipinski definition) is 1. The highest BCUT2D eigenvalue weighted by Crippen LogP contribution is 2.00. The van der Waals surface area contributed by atoms with E-state index in [1.807, 2.05) is 25.1 Å². The van der Waals surface area contributed by atoms with Crippen molar-refractivity contribution in [3.8, 4) is 0 Å². The topological polar surface area (TPSA) is 38.4 Å². The van der Waals surface area contributed by atoms with Gasteiger partial charge in [0.05, 0.1) is 0 Å². The maximum atomic E-state index is 5.18. The first-order valence-electron chi connectivity index (χ1n) is 4.27. The lowest BCUT2D eigenvalue weighted by molar-refractivity contribution is 1.28. The van der Waals surface area contributed by atoms with Gasteiger partial charge in [0.15, 0.2) is 0 Å². The number of hydrogen-bond acceptors (Lipinski definition) is 2. The molecule has 0 amide bonds. The van der Waals surface area contributed by atoms with Crippen LogP contribution in [0.4, 0.5) is 0 Å². The predicted octanol–water partition coefficient (Wildman–Crippen LogP) is 2.12. The van der Waals surface area contributed by atoms with Crippen LogP contribution in [0.5, 0.6) is 0 Å². The summed E-state index contributed by atoms with van der Waals surface area (Å²) in [5.74, 6) is 0. The summed E-state index contributed by atoms with van der Waals surface area (Å²) >= 11 is 0. The van der Waals surface area contributed by atoms with E-state index in [2.05, 4.69) is 17.1 Å². The van der Waals surface area contributed by atoms with E-state index in [0.717, 1.165) is 12.1 Å². The van der Waals surface area contributed by atoms with Gasteiger partial charge in [0.25, 0.3) is 0 Å². The van der Waals surface area contributed by atoms with E-state index >= 15 is 0 Å². The molecule has 0 heterocycles. The molecule has 0 fully saturated rings. The summed E-state index contributed by atoms with van der Waals surface area (Å²) in [6.45, 7) is 1.99. The average molecular weight is 174 g/mol. The van der Waals surface area contributed by atoms with Crippen LogP contribution in [0.3, 0.4) is 0 Å². The molecule has 0 unspecified atom stereocenters. The van der Waals surface area contributed by atoms with Crippen molar-refractivity contribution in [2.24, 2.45) is 10.7 Å². The molecule has 0 bridgehead atoms. The summed E-state index contributed by atoms with van der Waals surface area (Å²) in [4.78, 5) is 4.15. The number of nitrogens with zero attached hydrogens (tertiary/aromatic N) is 1. The van der Waals surface area contributed by atoms with Gasteiger partial charge in [-0.3, -0.25) is 4.99 Å². The van der Waals surface area contributed by atoms with Crippen LogP contribution in [0, 0.1) is 0 Å². The van der Waals surface area contributed by atoms with Crippen LogP contribution in [-0.4, -0.2) is 5.71 Å². The molecule has 13 heavy (non-hydrogen) atoms. The molecule has 0 radical (unpaired) electrons. The first-order chi connectivity index (χ1) is 6.33. The molecule has 2 heteroatoms. The van der Waals surface area contributed by atoms with Crippen molar-refractivity contribution in [1.82, 2.24) is 0 Å². The molecule has 0 aliphatic heterocycles. The smallest absolute Gasteiger partial charge is 0.0422 e. The Balaban J connectivity index is 2.60. The monoisotopic (exact) mass is 174 g/mol. The summed E-state index contributed by atoms with van der Waals surface area (Å²) in [5, 5.41) is 0. The van der Waals surface area contributed by atoms with E-state index in [1.165, 1.54) is 11.8 Å². The molecular weight excluding hydrogens is 160 g/mol. The molecular formula is C11H14N2. The van der Waals surface area contributed by atoms with Gasteiger partial charge >= 0.3 is 0 Å². The van der Waals surface area contributed by atoms with E-state index in [0.29, 0.717) is 0 Å². The van der Waals surface area contributed by atoms with E-state index in [9.17, 15) is 0 Å². The Bertz CT molecular complexity index is 299. The van der Waals surface area contributed by atoms with Crippen LogP contribution < -0.4 is 5.73 Å². The van der Waals surface area contributed by atoms with Gasteiger partial charge in [-0.15, -0.1) is 0 Å². The fourth-order valence-electron chi connectivity index (χ4n) is 1.11. The average Bonchev–Trinajstić information content (AvgIpc) is 2.16. The van der Waals surface area contributed by atoms with Crippen LogP contribution in [0.1, 0.15) is 12.5 Å². The number of aliphatic imine (C=N–C) groups is 1. The third-order valence-electron chi connectivity index (χ3n) is 1.68. The fraction of sp³-hybridized carbons (Fsp3) is 0.182. The third-order valence-corrected chi connectivity index (χ3v) is 1.68. The molecule has 0 saturated carbocycles. The zero-order valence-corrected chi connectivity index (χ0v) is 7.77. The van der Waals surface area contributed by atoms with Gasteiger partial charge in [-0.05, 0) is 12.5 Å². The maximum Gasteiger partial charge on any atom is 0.0422 e. The molecule has 1 aromatic rings. The van der Waals surface area contributed by atoms with Crippen molar-refractivity contribution in [2.75, 3.05) is 0 Å². The minimum atomic E-state index is 0.880. The first-order valence-corrected chi connectivity index (χ1v) is 4.27. The molecule has 2 nitrogen and oxygen atoms in total. The van der Waals surface area contributed by atoms with Crippen LogP contribution >= 0.6 is 0 Å². The first kappa shape index (κ1) is 9.52. The summed E-state index contributed by atoms with van der Waals surface area (Å²) < 4.78 is 0. The quantitative estimate of drug-likeness (QED) is 0.700. The van der Waals surface area contributed by atoms with Crippen LogP contribution in [0.15, 0.2) is 47.7 Å². The highest BCUT2D eigenvalue weighted by Gasteiger charge is 1.92. The molecule has 0 aliphatic rings. The van der Waals surface area contributed by atoms with Crippen molar-refractivity contribution in [1.29, 1.82) is 0 Å². The van der Waals surface area contributed by atoms with E-state index < -0.39 is 0 Å². The molecule has 0 aliphatic carbocycles. The Kier molecular flexibility index (Phi) is 3.76. The van der Waals surface area contributed by atoms with Crippen molar-refractivity contribution >= 4 is 5.71 Å². The van der Waals surface area contributed by atoms with Crippen molar-refractivity contribution in [3.05, 3.63) is 48.3 Å². The molecule has 0 aromatic heterocycles. The normalized spacial score (nSPS) is 12.2. The second-order valence-electron chi connectivity index (χ2n) is 2.87. The Hall–Kier alpha value is -1.57. The van der Waals surface area contributed by atoms with Gasteiger partial charge in [-0.25, -0.2) is 0 Å². The molecule has 0 saturated heterocycles. The highest BCUT2D eigenvalue weighted by molar-refractivity contribution is 5.84. The molecule has 0 spiro atoms. The SMILES string of the molecule is CC(Cc1ccccc1)=N/C=C\N. The Morgan fingerprint density at radius 2 is 2.08 bits per heavy atom. The second-order valence-corrected chi connectivity index (χ2v) is 2.87. The highest BCUT2D eigenvalue weighted by atomic mass is 14.7. The molecule has 68 valence electrons. The lowest BCUT2D eigenvalue weighted by Crippen LogP contribution is -1.96. The van der Waals surface area contributed by atoms with Gasteiger partial charge in [0, 0.05) is 24.5 Å². The minimum Gasteiger partial charge on any atom is -0.403 e. The zero-order valence-electron chi connectivity index (χ0n) is 7.77. The fourth-order valence-corrected chi connectivity index (χ4v) is 1.11. The van der Waals surface area contributed by atoms with Crippen molar-refractivity contribution in [2.45, 2.75) is 13.3 Å². The maximum absolute atomic E-state index is 5.18. The minimum absolute atomic E-state index is 0.880. The van der Waals surface area contributed by atoms with Crippen LogP contribution in [0.2, 0.25) is 0 Å². The van der Waals surface area contributed by atoms with Gasteiger partial charge in [0.1, 0.15) is 0 Å². The van der Waals surface area contributed by atoms with Gasteiger partial charge < -0.3 is 5.73 Å². The van der Waals surface area contributed by atoms with Gasteiger partial charge in [0.2, 0.25) is 0 Å². The number of rotatable bonds is 3. The van der Waals surface area contributed by atoms with Gasteiger partial charge in [-0.1, -0.05) is 30.3 Å². The van der Waals surface area contributed by atoms with Crippen molar-refractivity contribution < 1.29 is 0 Å². The summed E-state index contributed by atoms with van der Waals surface area (Å²) in [5.41, 5.74) is 7.52. The number of nitrogens with two attached hydrogens (primary N) is 1. The lowest BCUT2D eigenvalue weighted by atomic mass is 10.1. The van der Waals surface area contributed by atoms with Crippen LogP contribution in [-0.2, 0) is 6.42 Å². The molecule has 1 aromatic carbocycles. The van der Waals surface area contributed by atoms with E-state index in [4.69, 9.17) is 5.73 Å². The largest absolute Gasteiger partial charge is 0.403 e. The molecule has 0 atom stereocenters. The lowest BCUT2D eigenvalue weighted by Gasteiger charge is -1.98. The predicted molar refractivity (Wildman–Crippen MR) is 56.6 cm³/mol. The summed E-state index contributed by atoms with van der Waals surface area (Å²) in [6.07, 6.45) is 3.93. The summed E-state index contributed by atoms with van der Waals surface area (Å²) in [6, 6.07) is 10.2. The Labute approximate surface area is 78.8 Å². The van der Waals surface area contributed by atoms with Crippen LogP contribution in [0.25, 0.3) is 0 Å². The summed E-state index contributed by atoms with van der Waals surface area (Å²) in [7, 11) is 0. The Morgan fingerprint density at radius 3 is 2.69 bits per heavy atom. The second kappa shape index (κ2) is 5.14. The zero-order chi connectivity index (χ0) is 9.52. The van der Waals surface area contributed by atoms with E-state index in [1.54, 1.807) is 6.20 Å². The van der Waals surface area contributed by atoms with E-state index in [-0.39, 0.29) is 0 Å². The molecule has 1 rings (SSSR count).